The second-order valence-electron chi connectivity index (χ2n) is 7.35. The largest absolute Gasteiger partial charge is 0.349 e. The van der Waals surface area contributed by atoms with E-state index in [9.17, 15) is 9.59 Å². The first-order valence-corrected chi connectivity index (χ1v) is 10.0. The number of nitrogens with one attached hydrogen (secondary N) is 2. The van der Waals surface area contributed by atoms with E-state index < -0.39 is 0 Å². The van der Waals surface area contributed by atoms with E-state index in [0.29, 0.717) is 18.5 Å². The van der Waals surface area contributed by atoms with Gasteiger partial charge in [0.2, 0.25) is 5.91 Å². The van der Waals surface area contributed by atoms with Crippen molar-refractivity contribution in [3.05, 3.63) is 71.3 Å². The molecule has 0 aromatic heterocycles. The van der Waals surface area contributed by atoms with E-state index in [1.165, 1.54) is 5.56 Å². The van der Waals surface area contributed by atoms with Crippen molar-refractivity contribution >= 4 is 24.2 Å². The number of halogens is 1. The van der Waals surface area contributed by atoms with Gasteiger partial charge in [-0.05, 0) is 36.6 Å². The lowest BCUT2D eigenvalue weighted by molar-refractivity contribution is -0.134. The number of carbonyl (C=O) groups is 2. The highest BCUT2D eigenvalue weighted by atomic mass is 35.5. The highest BCUT2D eigenvalue weighted by Gasteiger charge is 2.28. The van der Waals surface area contributed by atoms with Gasteiger partial charge in [0, 0.05) is 37.7 Å². The Morgan fingerprint density at radius 1 is 1.14 bits per heavy atom. The van der Waals surface area contributed by atoms with Crippen LogP contribution in [0.2, 0.25) is 0 Å². The first-order chi connectivity index (χ1) is 13.6. The minimum atomic E-state index is -0.224. The number of hydrogen-bond donors (Lipinski definition) is 2. The van der Waals surface area contributed by atoms with Gasteiger partial charge in [-0.1, -0.05) is 49.4 Å². The summed E-state index contributed by atoms with van der Waals surface area (Å²) < 4.78 is 0. The van der Waals surface area contributed by atoms with E-state index in [4.69, 9.17) is 0 Å². The van der Waals surface area contributed by atoms with Crippen molar-refractivity contribution in [3.63, 3.8) is 0 Å². The zero-order valence-corrected chi connectivity index (χ0v) is 17.9. The molecule has 2 atom stereocenters. The van der Waals surface area contributed by atoms with Crippen LogP contribution < -0.4 is 10.6 Å². The van der Waals surface area contributed by atoms with E-state index in [1.54, 1.807) is 12.1 Å². The smallest absolute Gasteiger partial charge is 0.251 e. The number of amides is 2. The normalized spacial score (nSPS) is 17.2. The average molecular weight is 416 g/mol. The summed E-state index contributed by atoms with van der Waals surface area (Å²) in [5, 5.41) is 6.32. The highest BCUT2D eigenvalue weighted by Crippen LogP contribution is 2.24. The van der Waals surface area contributed by atoms with Crippen LogP contribution in [0.3, 0.4) is 0 Å². The van der Waals surface area contributed by atoms with E-state index in [-0.39, 0.29) is 36.3 Å². The maximum atomic E-state index is 13.0. The Morgan fingerprint density at radius 3 is 2.48 bits per heavy atom. The molecule has 2 N–H and O–H groups in total. The quantitative estimate of drug-likeness (QED) is 0.760. The van der Waals surface area contributed by atoms with Crippen LogP contribution in [0.25, 0.3) is 0 Å². The van der Waals surface area contributed by atoms with E-state index >= 15 is 0 Å². The number of benzene rings is 2. The summed E-state index contributed by atoms with van der Waals surface area (Å²) in [5.41, 5.74) is 3.05. The minimum absolute atomic E-state index is 0. The highest BCUT2D eigenvalue weighted by molar-refractivity contribution is 5.94. The van der Waals surface area contributed by atoms with Gasteiger partial charge < -0.3 is 15.5 Å². The lowest BCUT2D eigenvalue weighted by Gasteiger charge is -2.37. The van der Waals surface area contributed by atoms with Gasteiger partial charge in [0.05, 0.1) is 6.04 Å². The first kappa shape index (κ1) is 22.9. The van der Waals surface area contributed by atoms with Crippen molar-refractivity contribution in [3.8, 4) is 0 Å². The molecule has 0 radical (unpaired) electrons. The molecule has 5 nitrogen and oxygen atoms in total. The number of hydrogen-bond acceptors (Lipinski definition) is 3. The van der Waals surface area contributed by atoms with Crippen LogP contribution in [0, 0.1) is 0 Å². The number of piperazine rings is 1. The third-order valence-electron chi connectivity index (χ3n) is 5.23. The van der Waals surface area contributed by atoms with Crippen molar-refractivity contribution in [2.75, 3.05) is 19.6 Å². The Balaban J connectivity index is 0.00000300. The number of aryl methyl sites for hydroxylation is 1. The minimum Gasteiger partial charge on any atom is -0.349 e. The van der Waals surface area contributed by atoms with Gasteiger partial charge in [0.15, 0.2) is 0 Å². The third kappa shape index (κ3) is 6.05. The Kier molecular flexibility index (Phi) is 8.68. The summed E-state index contributed by atoms with van der Waals surface area (Å²) in [7, 11) is 0. The second-order valence-corrected chi connectivity index (χ2v) is 7.35. The summed E-state index contributed by atoms with van der Waals surface area (Å²) in [5.74, 6) is -0.0696. The molecule has 0 saturated carbocycles. The van der Waals surface area contributed by atoms with Gasteiger partial charge in [-0.2, -0.15) is 0 Å². The molecule has 2 unspecified atom stereocenters. The molecule has 156 valence electrons. The van der Waals surface area contributed by atoms with Gasteiger partial charge in [-0.25, -0.2) is 0 Å². The molecule has 2 aromatic rings. The van der Waals surface area contributed by atoms with Crippen LogP contribution in [0.15, 0.2) is 54.6 Å². The molecule has 1 fully saturated rings. The molecule has 2 aromatic carbocycles. The molecule has 2 amide bonds. The molecule has 1 saturated heterocycles. The molecule has 1 aliphatic rings. The molecule has 29 heavy (non-hydrogen) atoms. The zero-order chi connectivity index (χ0) is 19.9. The summed E-state index contributed by atoms with van der Waals surface area (Å²) in [6.45, 7) is 6.24. The summed E-state index contributed by atoms with van der Waals surface area (Å²) in [6, 6.07) is 17.4. The van der Waals surface area contributed by atoms with Crippen molar-refractivity contribution < 1.29 is 9.59 Å². The summed E-state index contributed by atoms with van der Waals surface area (Å²) >= 11 is 0. The van der Waals surface area contributed by atoms with Crippen molar-refractivity contribution in [1.29, 1.82) is 0 Å². The van der Waals surface area contributed by atoms with Crippen LogP contribution in [0.1, 0.15) is 47.8 Å². The number of nitrogens with zero attached hydrogens (tertiary/aromatic N) is 1. The Bertz CT molecular complexity index is 796. The molecular formula is C23H30ClN3O2. The molecule has 0 bridgehead atoms. The Labute approximate surface area is 179 Å². The van der Waals surface area contributed by atoms with Crippen LogP contribution >= 0.6 is 12.4 Å². The predicted octanol–water partition coefficient (Wildman–Crippen LogP) is 3.35. The molecule has 6 heteroatoms. The fraction of sp³-hybridized carbons (Fsp3) is 0.391. The number of carbonyl (C=O) groups excluding carboxylic acids is 2. The lowest BCUT2D eigenvalue weighted by Crippen LogP contribution is -2.50. The molecule has 3 rings (SSSR count). The molecule has 0 aliphatic carbocycles. The van der Waals surface area contributed by atoms with Gasteiger partial charge in [0.25, 0.3) is 5.91 Å². The monoisotopic (exact) mass is 415 g/mol. The molecule has 0 spiro atoms. The fourth-order valence-electron chi connectivity index (χ4n) is 3.60. The van der Waals surface area contributed by atoms with Gasteiger partial charge in [-0.3, -0.25) is 9.59 Å². The Morgan fingerprint density at radius 2 is 1.83 bits per heavy atom. The number of rotatable bonds is 6. The molecular weight excluding hydrogens is 386 g/mol. The lowest BCUT2D eigenvalue weighted by atomic mass is 10.00. The zero-order valence-electron chi connectivity index (χ0n) is 17.1. The maximum absolute atomic E-state index is 13.0. The van der Waals surface area contributed by atoms with E-state index in [1.807, 2.05) is 30.0 Å². The van der Waals surface area contributed by atoms with Crippen LogP contribution in [0.4, 0.5) is 0 Å². The molecule has 1 heterocycles. The standard InChI is InChI=1S/C23H29N3O2.ClH/c1-3-18-9-11-19(12-10-18)21-16-24-13-14-26(21)22(27)15-17(2)25-23(28)20-7-5-4-6-8-20;/h4-12,17,21,24H,3,13-16H2,1-2H3,(H,25,28);1H. The van der Waals surface area contributed by atoms with Crippen LogP contribution in [0.5, 0.6) is 0 Å². The SMILES string of the molecule is CCc1ccc(C2CNCCN2C(=O)CC(C)NC(=O)c2ccccc2)cc1.Cl. The van der Waals surface area contributed by atoms with Crippen molar-refractivity contribution in [2.45, 2.75) is 38.8 Å². The maximum Gasteiger partial charge on any atom is 0.251 e. The second kappa shape index (κ2) is 11.0. The molecule has 1 aliphatic heterocycles. The first-order valence-electron chi connectivity index (χ1n) is 10.0. The van der Waals surface area contributed by atoms with Crippen LogP contribution in [-0.4, -0.2) is 42.4 Å². The summed E-state index contributed by atoms with van der Waals surface area (Å²) in [6.07, 6.45) is 1.30. The predicted molar refractivity (Wildman–Crippen MR) is 118 cm³/mol. The average Bonchev–Trinajstić information content (AvgIpc) is 2.74. The van der Waals surface area contributed by atoms with Crippen molar-refractivity contribution in [2.24, 2.45) is 0 Å². The van der Waals surface area contributed by atoms with Gasteiger partial charge in [0.1, 0.15) is 0 Å². The topological polar surface area (TPSA) is 61.4 Å². The third-order valence-corrected chi connectivity index (χ3v) is 5.23. The van der Waals surface area contributed by atoms with Crippen LogP contribution in [-0.2, 0) is 11.2 Å². The Hall–Kier alpha value is -2.37. The summed E-state index contributed by atoms with van der Waals surface area (Å²) in [4.78, 5) is 27.2. The van der Waals surface area contributed by atoms with E-state index in [0.717, 1.165) is 25.1 Å². The van der Waals surface area contributed by atoms with E-state index in [2.05, 4.69) is 41.8 Å². The fourth-order valence-corrected chi connectivity index (χ4v) is 3.60. The van der Waals surface area contributed by atoms with Gasteiger partial charge >= 0.3 is 0 Å². The van der Waals surface area contributed by atoms with Crippen molar-refractivity contribution in [1.82, 2.24) is 15.5 Å². The van der Waals surface area contributed by atoms with Gasteiger partial charge in [-0.15, -0.1) is 12.4 Å².